The van der Waals surface area contributed by atoms with Crippen molar-refractivity contribution >= 4 is 10.1 Å². The van der Waals surface area contributed by atoms with Crippen LogP contribution in [0.5, 0.6) is 0 Å². The van der Waals surface area contributed by atoms with Gasteiger partial charge in [-0.2, -0.15) is 8.42 Å². The van der Waals surface area contributed by atoms with Gasteiger partial charge in [0.2, 0.25) is 0 Å². The zero-order valence-corrected chi connectivity index (χ0v) is 9.50. The molecule has 0 aliphatic heterocycles. The summed E-state index contributed by atoms with van der Waals surface area (Å²) < 4.78 is 27.3. The first-order chi connectivity index (χ1) is 6.99. The molecule has 0 unspecified atom stereocenters. The molecule has 0 saturated carbocycles. The van der Waals surface area contributed by atoms with Gasteiger partial charge < -0.3 is 10.7 Å². The fourth-order valence-corrected chi connectivity index (χ4v) is 1.12. The zero-order chi connectivity index (χ0) is 11.7. The smallest absolute Gasteiger partial charge is 0.266 e. The first-order valence-electron chi connectivity index (χ1n) is 4.63. The Balaban J connectivity index is 0.000000265. The average molecular weight is 235 g/mol. The number of aromatic nitrogens is 2. The molecule has 4 N–H and O–H groups in total. The van der Waals surface area contributed by atoms with Crippen molar-refractivity contribution < 1.29 is 13.0 Å². The fraction of sp³-hybridized carbons (Fsp3) is 0.625. The quantitative estimate of drug-likeness (QED) is 0.646. The Morgan fingerprint density at radius 2 is 2.27 bits per heavy atom. The van der Waals surface area contributed by atoms with E-state index in [0.717, 1.165) is 18.7 Å². The summed E-state index contributed by atoms with van der Waals surface area (Å²) in [5.41, 5.74) is 4.78. The van der Waals surface area contributed by atoms with E-state index in [4.69, 9.17) is 10.3 Å². The lowest BCUT2D eigenvalue weighted by atomic mass is 10.3. The zero-order valence-electron chi connectivity index (χ0n) is 8.68. The van der Waals surface area contributed by atoms with E-state index >= 15 is 0 Å². The third-order valence-electron chi connectivity index (χ3n) is 1.42. The van der Waals surface area contributed by atoms with E-state index < -0.39 is 10.1 Å². The monoisotopic (exact) mass is 235 g/mol. The lowest BCUT2D eigenvalue weighted by Crippen LogP contribution is -2.13. The number of rotatable bonds is 4. The van der Waals surface area contributed by atoms with Gasteiger partial charge in [-0.25, -0.2) is 4.98 Å². The normalized spacial score (nSPS) is 10.6. The molecule has 0 spiro atoms. The maximum atomic E-state index is 9.71. The van der Waals surface area contributed by atoms with Gasteiger partial charge in [0, 0.05) is 25.4 Å². The minimum atomic E-state index is -3.80. The molecule has 0 amide bonds. The van der Waals surface area contributed by atoms with Crippen molar-refractivity contribution in [2.45, 2.75) is 19.8 Å². The maximum Gasteiger partial charge on any atom is 0.266 e. The highest BCUT2D eigenvalue weighted by Crippen LogP contribution is 1.91. The van der Waals surface area contributed by atoms with Gasteiger partial charge >= 0.3 is 0 Å². The first kappa shape index (κ1) is 14.1. The minimum absolute atomic E-state index is 0.0289. The van der Waals surface area contributed by atoms with Gasteiger partial charge in [0.1, 0.15) is 5.82 Å². The van der Waals surface area contributed by atoms with Crippen molar-refractivity contribution in [3.05, 3.63) is 18.2 Å². The van der Waals surface area contributed by atoms with Crippen LogP contribution in [0, 0.1) is 0 Å². The molecule has 0 radical (unpaired) electrons. The van der Waals surface area contributed by atoms with Gasteiger partial charge in [-0.05, 0) is 6.42 Å². The molecule has 1 aromatic rings. The molecule has 6 nitrogen and oxygen atoms in total. The Bertz CT molecular complexity index is 334. The predicted molar refractivity (Wildman–Crippen MR) is 58.1 cm³/mol. The summed E-state index contributed by atoms with van der Waals surface area (Å²) >= 11 is 0. The molecule has 1 rings (SSSR count). The summed E-state index contributed by atoms with van der Waals surface area (Å²) in [6.45, 7) is 2.11. The Kier molecular flexibility index (Phi) is 6.93. The van der Waals surface area contributed by atoms with Crippen LogP contribution >= 0.6 is 0 Å². The molecule has 1 aromatic heterocycles. The molecule has 0 saturated heterocycles. The number of aromatic amines is 1. The van der Waals surface area contributed by atoms with Crippen LogP contribution in [0.15, 0.2) is 12.4 Å². The third kappa shape index (κ3) is 9.39. The molecule has 7 heteroatoms. The van der Waals surface area contributed by atoms with E-state index in [-0.39, 0.29) is 12.3 Å². The van der Waals surface area contributed by atoms with Crippen LogP contribution < -0.4 is 5.73 Å². The standard InChI is InChI=1S/C6H10N2.C2H7NO3S/c1-2-3-6-7-4-5-8-6;3-1-2-7(4,5)6/h4-5H,2-3H2,1H3,(H,7,8);1-3H2,(H,4,5,6). The molecule has 0 aliphatic rings. The summed E-state index contributed by atoms with van der Waals surface area (Å²) in [7, 11) is -3.80. The molecular weight excluding hydrogens is 218 g/mol. The van der Waals surface area contributed by atoms with Gasteiger partial charge in [0.25, 0.3) is 10.1 Å². The van der Waals surface area contributed by atoms with Crippen molar-refractivity contribution in [3.8, 4) is 0 Å². The van der Waals surface area contributed by atoms with Crippen molar-refractivity contribution in [1.82, 2.24) is 9.97 Å². The number of H-pyrrole nitrogens is 1. The predicted octanol–water partition coefficient (Wildman–Crippen LogP) is 0.195. The Labute approximate surface area is 89.7 Å². The van der Waals surface area contributed by atoms with E-state index in [9.17, 15) is 8.42 Å². The highest BCUT2D eigenvalue weighted by molar-refractivity contribution is 7.85. The lowest BCUT2D eigenvalue weighted by molar-refractivity contribution is 0.483. The molecule has 1 heterocycles. The third-order valence-corrected chi connectivity index (χ3v) is 2.17. The van der Waals surface area contributed by atoms with Crippen molar-refractivity contribution in [1.29, 1.82) is 0 Å². The minimum Gasteiger partial charge on any atom is -0.349 e. The summed E-state index contributed by atoms with van der Waals surface area (Å²) in [4.78, 5) is 7.08. The van der Waals surface area contributed by atoms with Crippen molar-refractivity contribution in [2.24, 2.45) is 5.73 Å². The maximum absolute atomic E-state index is 9.71. The molecule has 15 heavy (non-hydrogen) atoms. The largest absolute Gasteiger partial charge is 0.349 e. The Morgan fingerprint density at radius 1 is 1.60 bits per heavy atom. The first-order valence-corrected chi connectivity index (χ1v) is 6.24. The highest BCUT2D eigenvalue weighted by atomic mass is 32.2. The van der Waals surface area contributed by atoms with Gasteiger partial charge in [0.05, 0.1) is 5.75 Å². The number of nitrogens with zero attached hydrogens (tertiary/aromatic N) is 1. The second-order valence-corrected chi connectivity index (χ2v) is 4.43. The van der Waals surface area contributed by atoms with Crippen molar-refractivity contribution in [2.75, 3.05) is 12.3 Å². The van der Waals surface area contributed by atoms with Crippen LogP contribution in [0.4, 0.5) is 0 Å². The second-order valence-electron chi connectivity index (χ2n) is 2.86. The Morgan fingerprint density at radius 3 is 2.53 bits per heavy atom. The summed E-state index contributed by atoms with van der Waals surface area (Å²) in [5, 5.41) is 0. The van der Waals surface area contributed by atoms with E-state index in [1.807, 2.05) is 6.20 Å². The van der Waals surface area contributed by atoms with Gasteiger partial charge in [-0.3, -0.25) is 4.55 Å². The van der Waals surface area contributed by atoms with Crippen LogP contribution in [-0.4, -0.2) is 35.2 Å². The van der Waals surface area contributed by atoms with Crippen LogP contribution in [0.2, 0.25) is 0 Å². The molecule has 0 fully saturated rings. The second kappa shape index (κ2) is 7.38. The van der Waals surface area contributed by atoms with Crippen LogP contribution in [0.1, 0.15) is 19.2 Å². The van der Waals surface area contributed by atoms with Gasteiger partial charge in [0.15, 0.2) is 0 Å². The van der Waals surface area contributed by atoms with E-state index in [1.54, 1.807) is 6.20 Å². The number of nitrogens with two attached hydrogens (primary N) is 1. The van der Waals surface area contributed by atoms with E-state index in [1.165, 1.54) is 0 Å². The highest BCUT2D eigenvalue weighted by Gasteiger charge is 1.98. The fourth-order valence-electron chi connectivity index (χ4n) is 0.820. The average Bonchev–Trinajstić information content (AvgIpc) is 2.56. The molecular formula is C8H17N3O3S. The summed E-state index contributed by atoms with van der Waals surface area (Å²) in [5.74, 6) is 0.736. The molecule has 0 aliphatic carbocycles. The lowest BCUT2D eigenvalue weighted by Gasteiger charge is -1.86. The Hall–Kier alpha value is -0.920. The molecule has 0 atom stereocenters. The summed E-state index contributed by atoms with van der Waals surface area (Å²) in [6, 6.07) is 0. The number of hydrogen-bond donors (Lipinski definition) is 3. The van der Waals surface area contributed by atoms with Crippen LogP contribution in [0.25, 0.3) is 0 Å². The van der Waals surface area contributed by atoms with E-state index in [2.05, 4.69) is 16.9 Å². The van der Waals surface area contributed by atoms with E-state index in [0.29, 0.717) is 0 Å². The van der Waals surface area contributed by atoms with Crippen molar-refractivity contribution in [3.63, 3.8) is 0 Å². The van der Waals surface area contributed by atoms with Crippen LogP contribution in [0.3, 0.4) is 0 Å². The molecule has 88 valence electrons. The summed E-state index contributed by atoms with van der Waals surface area (Å²) in [6.07, 6.45) is 5.86. The van der Waals surface area contributed by atoms with Crippen LogP contribution in [-0.2, 0) is 16.5 Å². The molecule has 0 bridgehead atoms. The number of aryl methyl sites for hydroxylation is 1. The number of hydrogen-bond acceptors (Lipinski definition) is 4. The van der Waals surface area contributed by atoms with Gasteiger partial charge in [-0.1, -0.05) is 6.92 Å². The topological polar surface area (TPSA) is 109 Å². The van der Waals surface area contributed by atoms with Gasteiger partial charge in [-0.15, -0.1) is 0 Å². The SMILES string of the molecule is CCCc1ncc[nH]1.NCCS(=O)(=O)O. The number of nitrogens with one attached hydrogen (secondary N) is 1. The molecule has 0 aromatic carbocycles. The number of imidazole rings is 1.